The Morgan fingerprint density at radius 3 is 2.59 bits per heavy atom. The van der Waals surface area contributed by atoms with Gasteiger partial charge in [-0.2, -0.15) is 0 Å². The number of hydrogen-bond donors (Lipinski definition) is 1. The summed E-state index contributed by atoms with van der Waals surface area (Å²) in [7, 11) is 0. The minimum Gasteiger partial charge on any atom is -0.492 e. The molecule has 144 valence electrons. The Kier molecular flexibility index (Phi) is 5.72. The van der Waals surface area contributed by atoms with E-state index in [1.807, 2.05) is 6.07 Å². The summed E-state index contributed by atoms with van der Waals surface area (Å²) in [6, 6.07) is 9.57. The number of aliphatic hydroxyl groups is 1. The lowest BCUT2D eigenvalue weighted by molar-refractivity contribution is 0.0322. The zero-order chi connectivity index (χ0) is 18.6. The van der Waals surface area contributed by atoms with Crippen LogP contribution in [0, 0.1) is 5.82 Å². The number of rotatable bonds is 5. The van der Waals surface area contributed by atoms with Crippen molar-refractivity contribution >= 4 is 0 Å². The van der Waals surface area contributed by atoms with Crippen LogP contribution in [0.25, 0.3) is 11.1 Å². The number of halogens is 1. The lowest BCUT2D eigenvalue weighted by atomic mass is 9.94. The highest BCUT2D eigenvalue weighted by Crippen LogP contribution is 2.36. The van der Waals surface area contributed by atoms with Crippen LogP contribution >= 0.6 is 0 Å². The first-order valence-electron chi connectivity index (χ1n) is 9.73. The first-order valence-corrected chi connectivity index (χ1v) is 9.73. The van der Waals surface area contributed by atoms with Gasteiger partial charge in [0.25, 0.3) is 0 Å². The fourth-order valence-corrected chi connectivity index (χ4v) is 3.95. The van der Waals surface area contributed by atoms with Crippen molar-refractivity contribution in [3.63, 3.8) is 0 Å². The first kappa shape index (κ1) is 18.4. The predicted molar refractivity (Wildman–Crippen MR) is 103 cm³/mol. The van der Waals surface area contributed by atoms with Crippen LogP contribution in [0.4, 0.5) is 4.39 Å². The molecule has 0 amide bonds. The Morgan fingerprint density at radius 1 is 1.04 bits per heavy atom. The molecule has 0 unspecified atom stereocenters. The molecule has 0 spiro atoms. The number of ether oxygens (including phenoxy) is 2. The number of aryl methyl sites for hydroxylation is 2. The van der Waals surface area contributed by atoms with Gasteiger partial charge in [0.15, 0.2) is 0 Å². The Bertz CT molecular complexity index is 802. The van der Waals surface area contributed by atoms with E-state index in [-0.39, 0.29) is 12.4 Å². The monoisotopic (exact) mass is 371 g/mol. The summed E-state index contributed by atoms with van der Waals surface area (Å²) >= 11 is 0. The highest BCUT2D eigenvalue weighted by molar-refractivity contribution is 5.73. The molecule has 0 atom stereocenters. The number of fused-ring (bicyclic) bond motifs is 3. The molecule has 1 aliphatic carbocycles. The summed E-state index contributed by atoms with van der Waals surface area (Å²) in [6.07, 6.45) is 2.77. The van der Waals surface area contributed by atoms with Crippen molar-refractivity contribution < 1.29 is 19.0 Å². The van der Waals surface area contributed by atoms with Crippen LogP contribution in [0.5, 0.6) is 5.75 Å². The van der Waals surface area contributed by atoms with Gasteiger partial charge in [0.05, 0.1) is 19.8 Å². The van der Waals surface area contributed by atoms with Gasteiger partial charge in [0.2, 0.25) is 0 Å². The van der Waals surface area contributed by atoms with Gasteiger partial charge in [-0.05, 0) is 65.8 Å². The average Bonchev–Trinajstić information content (AvgIpc) is 2.86. The third kappa shape index (κ3) is 4.15. The fraction of sp³-hybridized carbons (Fsp3) is 0.455. The van der Waals surface area contributed by atoms with Crippen molar-refractivity contribution in [2.45, 2.75) is 25.9 Å². The average molecular weight is 371 g/mol. The van der Waals surface area contributed by atoms with Crippen LogP contribution in [0.15, 0.2) is 30.3 Å². The molecular formula is C22H26FNO3. The molecule has 1 saturated heterocycles. The second-order valence-electron chi connectivity index (χ2n) is 7.23. The van der Waals surface area contributed by atoms with Crippen molar-refractivity contribution in [2.24, 2.45) is 0 Å². The number of benzene rings is 2. The molecule has 4 rings (SSSR count). The molecule has 0 saturated carbocycles. The summed E-state index contributed by atoms with van der Waals surface area (Å²) in [6.45, 7) is 4.82. The molecule has 0 bridgehead atoms. The minimum atomic E-state index is -0.317. The van der Waals surface area contributed by atoms with E-state index < -0.39 is 0 Å². The van der Waals surface area contributed by atoms with E-state index in [2.05, 4.69) is 17.0 Å². The molecule has 2 aromatic rings. The maximum atomic E-state index is 14.1. The zero-order valence-corrected chi connectivity index (χ0v) is 15.5. The second kappa shape index (κ2) is 8.38. The Balaban J connectivity index is 1.51. The number of morpholine rings is 1. The number of nitrogens with zero attached hydrogens (tertiary/aromatic N) is 1. The molecule has 27 heavy (non-hydrogen) atoms. The molecule has 5 heteroatoms. The van der Waals surface area contributed by atoms with Crippen LogP contribution in [0.1, 0.15) is 23.1 Å². The normalized spacial score (nSPS) is 17.1. The molecular weight excluding hydrogens is 345 g/mol. The van der Waals surface area contributed by atoms with E-state index >= 15 is 0 Å². The number of hydrogen-bond acceptors (Lipinski definition) is 4. The third-order valence-electron chi connectivity index (χ3n) is 5.48. The van der Waals surface area contributed by atoms with Crippen molar-refractivity contribution in [2.75, 3.05) is 39.5 Å². The van der Waals surface area contributed by atoms with Gasteiger partial charge in [-0.15, -0.1) is 0 Å². The molecule has 1 aliphatic heterocycles. The van der Waals surface area contributed by atoms with Gasteiger partial charge in [0.1, 0.15) is 18.2 Å². The second-order valence-corrected chi connectivity index (χ2v) is 7.23. The van der Waals surface area contributed by atoms with Crippen molar-refractivity contribution in [1.82, 2.24) is 4.90 Å². The van der Waals surface area contributed by atoms with Crippen LogP contribution in [0.2, 0.25) is 0 Å². The van der Waals surface area contributed by atoms with E-state index in [0.29, 0.717) is 12.2 Å². The molecule has 1 N–H and O–H groups in total. The molecule has 0 aromatic heterocycles. The first-order chi connectivity index (χ1) is 13.2. The summed E-state index contributed by atoms with van der Waals surface area (Å²) in [4.78, 5) is 2.36. The zero-order valence-electron chi connectivity index (χ0n) is 15.5. The maximum Gasteiger partial charge on any atom is 0.129 e. The van der Waals surface area contributed by atoms with Gasteiger partial charge in [0, 0.05) is 25.2 Å². The minimum absolute atomic E-state index is 0.281. The standard InChI is InChI=1S/C22H26FNO3/c23-22-14-17-3-1-2-16-12-19(27-11-8-24-6-9-26-10-7-24)4-5-20(16)21(17)13-18(22)15-25/h4-5,12-14,25H,1-3,6-11,15H2. The van der Waals surface area contributed by atoms with Gasteiger partial charge in [-0.1, -0.05) is 6.07 Å². The summed E-state index contributed by atoms with van der Waals surface area (Å²) in [5.74, 6) is 0.567. The Labute approximate surface area is 159 Å². The van der Waals surface area contributed by atoms with E-state index in [0.717, 1.165) is 74.6 Å². The van der Waals surface area contributed by atoms with E-state index in [1.165, 1.54) is 5.56 Å². The lowest BCUT2D eigenvalue weighted by Gasteiger charge is -2.26. The van der Waals surface area contributed by atoms with Crippen molar-refractivity contribution in [3.8, 4) is 16.9 Å². The highest BCUT2D eigenvalue weighted by atomic mass is 19.1. The Morgan fingerprint density at radius 2 is 1.81 bits per heavy atom. The Hall–Kier alpha value is -1.95. The van der Waals surface area contributed by atoms with E-state index in [9.17, 15) is 9.50 Å². The SMILES string of the molecule is OCc1cc2c(cc1F)CCCc1cc(OCCN3CCOCC3)ccc1-2. The van der Waals surface area contributed by atoms with Crippen LogP contribution in [-0.4, -0.2) is 49.5 Å². The molecule has 2 aliphatic rings. The lowest BCUT2D eigenvalue weighted by Crippen LogP contribution is -2.38. The summed E-state index contributed by atoms with van der Waals surface area (Å²) in [5, 5.41) is 9.42. The maximum absolute atomic E-state index is 14.1. The quantitative estimate of drug-likeness (QED) is 0.877. The highest BCUT2D eigenvalue weighted by Gasteiger charge is 2.18. The van der Waals surface area contributed by atoms with Crippen LogP contribution < -0.4 is 4.74 Å². The third-order valence-corrected chi connectivity index (χ3v) is 5.48. The van der Waals surface area contributed by atoms with E-state index in [1.54, 1.807) is 12.1 Å². The predicted octanol–water partition coefficient (Wildman–Crippen LogP) is 3.18. The topological polar surface area (TPSA) is 41.9 Å². The van der Waals surface area contributed by atoms with Crippen LogP contribution in [0.3, 0.4) is 0 Å². The van der Waals surface area contributed by atoms with Gasteiger partial charge in [-0.3, -0.25) is 4.90 Å². The van der Waals surface area contributed by atoms with Crippen molar-refractivity contribution in [1.29, 1.82) is 0 Å². The van der Waals surface area contributed by atoms with E-state index in [4.69, 9.17) is 9.47 Å². The van der Waals surface area contributed by atoms with Gasteiger partial charge in [-0.25, -0.2) is 4.39 Å². The molecule has 1 heterocycles. The smallest absolute Gasteiger partial charge is 0.129 e. The molecule has 1 fully saturated rings. The molecule has 0 radical (unpaired) electrons. The molecule has 4 nitrogen and oxygen atoms in total. The van der Waals surface area contributed by atoms with Gasteiger partial charge < -0.3 is 14.6 Å². The fourth-order valence-electron chi connectivity index (χ4n) is 3.95. The largest absolute Gasteiger partial charge is 0.492 e. The summed E-state index contributed by atoms with van der Waals surface area (Å²) in [5.41, 5.74) is 4.76. The van der Waals surface area contributed by atoms with Gasteiger partial charge >= 0.3 is 0 Å². The summed E-state index contributed by atoms with van der Waals surface area (Å²) < 4.78 is 25.4. The number of aliphatic hydroxyl groups excluding tert-OH is 1. The van der Waals surface area contributed by atoms with Crippen molar-refractivity contribution in [3.05, 3.63) is 52.8 Å². The van der Waals surface area contributed by atoms with Crippen LogP contribution in [-0.2, 0) is 24.2 Å². The molecule has 2 aromatic carbocycles.